The number of phenols is 1. The van der Waals surface area contributed by atoms with Gasteiger partial charge >= 0.3 is 0 Å². The van der Waals surface area contributed by atoms with Crippen LogP contribution in [0.3, 0.4) is 0 Å². The Morgan fingerprint density at radius 3 is 2.14 bits per heavy atom. The molecule has 0 radical (unpaired) electrons. The van der Waals surface area contributed by atoms with Crippen LogP contribution in [0, 0.1) is 0 Å². The molecule has 116 valence electrons. The van der Waals surface area contributed by atoms with Crippen molar-refractivity contribution >= 4 is 0 Å². The minimum absolute atomic E-state index is 0.137. The van der Waals surface area contributed by atoms with E-state index in [1.165, 1.54) is 0 Å². The van der Waals surface area contributed by atoms with E-state index in [-0.39, 0.29) is 11.7 Å². The van der Waals surface area contributed by atoms with Gasteiger partial charge in [0.25, 0.3) is 0 Å². The molecule has 0 fully saturated rings. The largest absolute Gasteiger partial charge is 0.508 e. The van der Waals surface area contributed by atoms with E-state index in [2.05, 4.69) is 6.58 Å². The predicted molar refractivity (Wildman–Crippen MR) is 86.2 cm³/mol. The predicted octanol–water partition coefficient (Wildman–Crippen LogP) is 3.74. The Kier molecular flexibility index (Phi) is 4.94. The Morgan fingerprint density at radius 2 is 1.59 bits per heavy atom. The lowest BCUT2D eigenvalue weighted by molar-refractivity contribution is 0.347. The van der Waals surface area contributed by atoms with Gasteiger partial charge in [0.05, 0.1) is 21.3 Å². The molecule has 0 aliphatic carbocycles. The average molecular weight is 300 g/mol. The summed E-state index contributed by atoms with van der Waals surface area (Å²) in [4.78, 5) is 0. The van der Waals surface area contributed by atoms with Gasteiger partial charge in [-0.1, -0.05) is 18.2 Å². The Morgan fingerprint density at radius 1 is 0.955 bits per heavy atom. The van der Waals surface area contributed by atoms with Crippen molar-refractivity contribution in [2.24, 2.45) is 0 Å². The molecule has 0 heterocycles. The normalized spacial score (nSPS) is 11.6. The maximum absolute atomic E-state index is 9.70. The fourth-order valence-electron chi connectivity index (χ4n) is 2.46. The van der Waals surface area contributed by atoms with Gasteiger partial charge in [-0.3, -0.25) is 0 Å². The number of allylic oxidation sites excluding steroid dienone is 1. The molecule has 2 aromatic carbocycles. The van der Waals surface area contributed by atoms with E-state index >= 15 is 0 Å². The zero-order valence-corrected chi connectivity index (χ0v) is 13.0. The lowest BCUT2D eigenvalue weighted by atomic mass is 9.90. The molecule has 0 unspecified atom stereocenters. The van der Waals surface area contributed by atoms with Crippen LogP contribution >= 0.6 is 0 Å². The van der Waals surface area contributed by atoms with Crippen LogP contribution in [-0.4, -0.2) is 26.4 Å². The van der Waals surface area contributed by atoms with E-state index in [1.54, 1.807) is 51.7 Å². The van der Waals surface area contributed by atoms with Crippen LogP contribution in [-0.2, 0) is 0 Å². The first-order valence-corrected chi connectivity index (χ1v) is 6.86. The molecule has 0 saturated carbocycles. The number of benzene rings is 2. The van der Waals surface area contributed by atoms with Crippen LogP contribution in [0.25, 0.3) is 0 Å². The molecule has 0 aliphatic heterocycles. The fourth-order valence-corrected chi connectivity index (χ4v) is 2.46. The average Bonchev–Trinajstić information content (AvgIpc) is 2.55. The highest BCUT2D eigenvalue weighted by Crippen LogP contribution is 2.41. The van der Waals surface area contributed by atoms with Crippen LogP contribution in [0.1, 0.15) is 17.0 Å². The van der Waals surface area contributed by atoms with Crippen molar-refractivity contribution in [3.63, 3.8) is 0 Å². The number of aromatic hydroxyl groups is 1. The van der Waals surface area contributed by atoms with Gasteiger partial charge in [0.1, 0.15) is 11.5 Å². The van der Waals surface area contributed by atoms with Crippen molar-refractivity contribution in [1.29, 1.82) is 0 Å². The molecular weight excluding hydrogens is 280 g/mol. The van der Waals surface area contributed by atoms with Crippen molar-refractivity contribution in [2.45, 2.75) is 5.92 Å². The van der Waals surface area contributed by atoms with Gasteiger partial charge in [-0.25, -0.2) is 0 Å². The Labute approximate surface area is 130 Å². The van der Waals surface area contributed by atoms with Gasteiger partial charge in [0.2, 0.25) is 0 Å². The summed E-state index contributed by atoms with van der Waals surface area (Å²) in [6.45, 7) is 3.91. The van der Waals surface area contributed by atoms with Crippen LogP contribution in [0.4, 0.5) is 0 Å². The smallest absolute Gasteiger partial charge is 0.164 e. The van der Waals surface area contributed by atoms with E-state index in [9.17, 15) is 5.11 Å². The van der Waals surface area contributed by atoms with Crippen molar-refractivity contribution in [1.82, 2.24) is 0 Å². The summed E-state index contributed by atoms with van der Waals surface area (Å²) in [5.74, 6) is 1.96. The summed E-state index contributed by atoms with van der Waals surface area (Å²) in [5.41, 5.74) is 1.81. The van der Waals surface area contributed by atoms with E-state index in [0.717, 1.165) is 11.1 Å². The van der Waals surface area contributed by atoms with Crippen LogP contribution < -0.4 is 14.2 Å². The summed E-state index contributed by atoms with van der Waals surface area (Å²) in [6, 6.07) is 10.7. The molecule has 2 rings (SSSR count). The topological polar surface area (TPSA) is 47.9 Å². The van der Waals surface area contributed by atoms with Gasteiger partial charge in [0, 0.05) is 17.5 Å². The number of hydrogen-bond acceptors (Lipinski definition) is 4. The van der Waals surface area contributed by atoms with Crippen molar-refractivity contribution in [3.8, 4) is 23.0 Å². The molecule has 0 amide bonds. The summed E-state index contributed by atoms with van der Waals surface area (Å²) >= 11 is 0. The van der Waals surface area contributed by atoms with Gasteiger partial charge < -0.3 is 19.3 Å². The van der Waals surface area contributed by atoms with Crippen molar-refractivity contribution in [3.05, 3.63) is 60.2 Å². The summed E-state index contributed by atoms with van der Waals surface area (Å²) in [5, 5.41) is 9.70. The van der Waals surface area contributed by atoms with Crippen LogP contribution in [0.15, 0.2) is 49.1 Å². The highest BCUT2D eigenvalue weighted by molar-refractivity contribution is 5.55. The first-order chi connectivity index (χ1) is 10.6. The molecule has 0 aromatic heterocycles. The van der Waals surface area contributed by atoms with E-state index in [4.69, 9.17) is 14.2 Å². The minimum Gasteiger partial charge on any atom is -0.508 e. The fraction of sp³-hybridized carbons (Fsp3) is 0.222. The monoisotopic (exact) mass is 300 g/mol. The third-order valence-electron chi connectivity index (χ3n) is 3.54. The minimum atomic E-state index is -0.137. The standard InChI is InChI=1S/C18H20O4/c1-5-14(12-7-6-8-13(19)9-12)15-10-17(21-3)18(22-4)11-16(15)20-2/h5-11,14,19H,1H2,2-4H3/t14-/m1/s1. The van der Waals surface area contributed by atoms with Gasteiger partial charge in [-0.05, 0) is 23.8 Å². The summed E-state index contributed by atoms with van der Waals surface area (Å²) in [6.07, 6.45) is 1.80. The van der Waals surface area contributed by atoms with Gasteiger partial charge in [0.15, 0.2) is 11.5 Å². The molecule has 1 N–H and O–H groups in total. The number of hydrogen-bond donors (Lipinski definition) is 1. The maximum Gasteiger partial charge on any atom is 0.164 e. The number of phenolic OH excluding ortho intramolecular Hbond substituents is 1. The SMILES string of the molecule is C=C[C@H](c1cccc(O)c1)c1cc(OC)c(OC)cc1OC. The quantitative estimate of drug-likeness (QED) is 0.826. The highest BCUT2D eigenvalue weighted by atomic mass is 16.5. The van der Waals surface area contributed by atoms with E-state index in [1.807, 2.05) is 12.1 Å². The zero-order valence-electron chi connectivity index (χ0n) is 13.0. The second-order valence-corrected chi connectivity index (χ2v) is 4.76. The third-order valence-corrected chi connectivity index (χ3v) is 3.54. The second kappa shape index (κ2) is 6.89. The molecule has 0 aliphatic rings. The maximum atomic E-state index is 9.70. The molecule has 2 aromatic rings. The van der Waals surface area contributed by atoms with E-state index < -0.39 is 0 Å². The molecule has 0 saturated heterocycles. The van der Waals surface area contributed by atoms with Crippen molar-refractivity contribution < 1.29 is 19.3 Å². The van der Waals surface area contributed by atoms with Crippen LogP contribution in [0.2, 0.25) is 0 Å². The van der Waals surface area contributed by atoms with Gasteiger partial charge in [-0.2, -0.15) is 0 Å². The lowest BCUT2D eigenvalue weighted by Gasteiger charge is -2.19. The summed E-state index contributed by atoms with van der Waals surface area (Å²) in [7, 11) is 4.77. The van der Waals surface area contributed by atoms with E-state index in [0.29, 0.717) is 17.2 Å². The first kappa shape index (κ1) is 15.8. The molecule has 4 heteroatoms. The molecular formula is C18H20O4. The second-order valence-electron chi connectivity index (χ2n) is 4.76. The highest BCUT2D eigenvalue weighted by Gasteiger charge is 2.19. The molecule has 1 atom stereocenters. The third kappa shape index (κ3) is 3.01. The molecule has 22 heavy (non-hydrogen) atoms. The lowest BCUT2D eigenvalue weighted by Crippen LogP contribution is -2.03. The number of ether oxygens (including phenoxy) is 3. The number of methoxy groups -OCH3 is 3. The summed E-state index contributed by atoms with van der Waals surface area (Å²) < 4.78 is 16.1. The number of rotatable bonds is 6. The molecule has 4 nitrogen and oxygen atoms in total. The van der Waals surface area contributed by atoms with Crippen LogP contribution in [0.5, 0.6) is 23.0 Å². The first-order valence-electron chi connectivity index (χ1n) is 6.86. The Hall–Kier alpha value is -2.62. The zero-order chi connectivity index (χ0) is 16.1. The molecule has 0 bridgehead atoms. The Balaban J connectivity index is 2.59. The van der Waals surface area contributed by atoms with Crippen molar-refractivity contribution in [2.75, 3.05) is 21.3 Å². The Bertz CT molecular complexity index is 664. The van der Waals surface area contributed by atoms with Gasteiger partial charge in [-0.15, -0.1) is 6.58 Å². The molecule has 0 spiro atoms.